The second kappa shape index (κ2) is 8.10. The lowest BCUT2D eigenvalue weighted by atomic mass is 10.2. The zero-order valence-corrected chi connectivity index (χ0v) is 15.4. The second-order valence-corrected chi connectivity index (χ2v) is 6.72. The van der Waals surface area contributed by atoms with Crippen molar-refractivity contribution >= 4 is 34.8 Å². The molecule has 1 heterocycles. The molecule has 2 aromatic carbocycles. The van der Waals surface area contributed by atoms with E-state index in [-0.39, 0.29) is 5.69 Å². The summed E-state index contributed by atoms with van der Waals surface area (Å²) in [5.41, 5.74) is 0.242. The van der Waals surface area contributed by atoms with Gasteiger partial charge in [0.25, 0.3) is 0 Å². The van der Waals surface area contributed by atoms with Crippen LogP contribution < -0.4 is 10.2 Å². The molecule has 28 heavy (non-hydrogen) atoms. The molecular formula is C19H17ClF3N3O2. The van der Waals surface area contributed by atoms with Crippen LogP contribution >= 0.6 is 11.6 Å². The van der Waals surface area contributed by atoms with E-state index in [2.05, 4.69) is 10.2 Å². The lowest BCUT2D eigenvalue weighted by molar-refractivity contribution is -0.143. The van der Waals surface area contributed by atoms with Crippen LogP contribution in [-0.2, 0) is 15.8 Å². The van der Waals surface area contributed by atoms with E-state index in [1.165, 1.54) is 4.90 Å². The molecule has 9 heteroatoms. The molecule has 0 unspecified atom stereocenters. The molecule has 2 aromatic rings. The lowest BCUT2D eigenvalue weighted by Crippen LogP contribution is -2.51. The van der Waals surface area contributed by atoms with Crippen molar-refractivity contribution < 1.29 is 22.8 Å². The van der Waals surface area contributed by atoms with Crippen molar-refractivity contribution in [3.63, 3.8) is 0 Å². The summed E-state index contributed by atoms with van der Waals surface area (Å²) in [6, 6.07) is 11.3. The van der Waals surface area contributed by atoms with Crippen LogP contribution in [0.25, 0.3) is 0 Å². The molecule has 5 nitrogen and oxygen atoms in total. The van der Waals surface area contributed by atoms with E-state index < -0.39 is 23.6 Å². The van der Waals surface area contributed by atoms with Gasteiger partial charge >= 0.3 is 18.0 Å². The number of hydrogen-bond acceptors (Lipinski definition) is 3. The number of halogens is 4. The number of benzene rings is 2. The maximum absolute atomic E-state index is 12.6. The third-order valence-electron chi connectivity index (χ3n) is 4.40. The largest absolute Gasteiger partial charge is 0.416 e. The van der Waals surface area contributed by atoms with Gasteiger partial charge in [-0.1, -0.05) is 17.7 Å². The van der Waals surface area contributed by atoms with E-state index in [1.54, 1.807) is 6.07 Å². The summed E-state index contributed by atoms with van der Waals surface area (Å²) in [7, 11) is 0. The molecule has 0 aliphatic carbocycles. The smallest absolute Gasteiger partial charge is 0.368 e. The molecule has 1 fully saturated rings. The highest BCUT2D eigenvalue weighted by atomic mass is 35.5. The second-order valence-electron chi connectivity index (χ2n) is 6.29. The van der Waals surface area contributed by atoms with E-state index >= 15 is 0 Å². The van der Waals surface area contributed by atoms with Crippen molar-refractivity contribution in [2.45, 2.75) is 6.18 Å². The summed E-state index contributed by atoms with van der Waals surface area (Å²) in [6.45, 7) is 1.79. The summed E-state index contributed by atoms with van der Waals surface area (Å²) in [6.07, 6.45) is -4.46. The van der Waals surface area contributed by atoms with Crippen LogP contribution in [-0.4, -0.2) is 42.9 Å². The maximum atomic E-state index is 12.6. The number of alkyl halides is 3. The van der Waals surface area contributed by atoms with Crippen LogP contribution in [0, 0.1) is 0 Å². The number of rotatable bonds is 2. The van der Waals surface area contributed by atoms with Gasteiger partial charge in [0.15, 0.2) is 0 Å². The molecule has 0 saturated carbocycles. The summed E-state index contributed by atoms with van der Waals surface area (Å²) < 4.78 is 37.7. The van der Waals surface area contributed by atoms with E-state index in [4.69, 9.17) is 11.6 Å². The molecule has 0 spiro atoms. The molecule has 1 aliphatic rings. The van der Waals surface area contributed by atoms with E-state index in [1.807, 2.05) is 18.2 Å². The van der Waals surface area contributed by atoms with Gasteiger partial charge in [0.05, 0.1) is 5.56 Å². The van der Waals surface area contributed by atoms with Crippen LogP contribution in [0.2, 0.25) is 5.02 Å². The molecule has 3 rings (SSSR count). The highest BCUT2D eigenvalue weighted by Gasteiger charge is 2.30. The van der Waals surface area contributed by atoms with Gasteiger partial charge in [-0.25, -0.2) is 0 Å². The average molecular weight is 412 g/mol. The SMILES string of the molecule is O=C(Nc1ccc(C(F)(F)F)cc1)C(=O)N1CCN(c2cccc(Cl)c2)CC1. The molecule has 0 bridgehead atoms. The number of anilines is 2. The number of nitrogens with zero attached hydrogens (tertiary/aromatic N) is 2. The highest BCUT2D eigenvalue weighted by molar-refractivity contribution is 6.39. The molecule has 148 valence electrons. The Kier molecular flexibility index (Phi) is 5.79. The summed E-state index contributed by atoms with van der Waals surface area (Å²) in [5.74, 6) is -1.60. The van der Waals surface area contributed by atoms with Gasteiger partial charge in [-0.2, -0.15) is 13.2 Å². The van der Waals surface area contributed by atoms with Gasteiger partial charge in [-0.15, -0.1) is 0 Å². The summed E-state index contributed by atoms with van der Waals surface area (Å²) in [4.78, 5) is 27.9. The number of carbonyl (C=O) groups excluding carboxylic acids is 2. The quantitative estimate of drug-likeness (QED) is 0.767. The van der Waals surface area contributed by atoms with Gasteiger partial charge in [-0.05, 0) is 42.5 Å². The first kappa shape index (κ1) is 20.0. The Morgan fingerprint density at radius 1 is 0.964 bits per heavy atom. The van der Waals surface area contributed by atoms with Crippen molar-refractivity contribution in [3.8, 4) is 0 Å². The minimum Gasteiger partial charge on any atom is -0.368 e. The Morgan fingerprint density at radius 2 is 1.61 bits per heavy atom. The molecule has 1 N–H and O–H groups in total. The molecular weight excluding hydrogens is 395 g/mol. The Bertz CT molecular complexity index is 863. The Morgan fingerprint density at radius 3 is 2.18 bits per heavy atom. The number of amides is 2. The van der Waals surface area contributed by atoms with Gasteiger partial charge < -0.3 is 15.1 Å². The van der Waals surface area contributed by atoms with Crippen molar-refractivity contribution in [2.75, 3.05) is 36.4 Å². The number of nitrogens with one attached hydrogen (secondary N) is 1. The lowest BCUT2D eigenvalue weighted by Gasteiger charge is -2.35. The number of carbonyl (C=O) groups is 2. The van der Waals surface area contributed by atoms with Crippen LogP contribution in [0.5, 0.6) is 0 Å². The predicted octanol–water partition coefficient (Wildman–Crippen LogP) is 3.65. The minimum atomic E-state index is -4.46. The van der Waals surface area contributed by atoms with Crippen LogP contribution in [0.15, 0.2) is 48.5 Å². The van der Waals surface area contributed by atoms with E-state index in [0.29, 0.717) is 31.2 Å². The molecule has 0 atom stereocenters. The predicted molar refractivity (Wildman–Crippen MR) is 100 cm³/mol. The standard InChI is InChI=1S/C19H17ClF3N3O2/c20-14-2-1-3-16(12-14)25-8-10-26(11-9-25)18(28)17(27)24-15-6-4-13(5-7-15)19(21,22)23/h1-7,12H,8-11H2,(H,24,27). The Hall–Kier alpha value is -2.74. The van der Waals surface area contributed by atoms with Gasteiger partial charge in [0.2, 0.25) is 0 Å². The number of hydrogen-bond donors (Lipinski definition) is 1. The van der Waals surface area contributed by atoms with Gasteiger partial charge in [-0.3, -0.25) is 9.59 Å². The highest BCUT2D eigenvalue weighted by Crippen LogP contribution is 2.29. The molecule has 2 amide bonds. The zero-order chi connectivity index (χ0) is 20.3. The van der Waals surface area contributed by atoms with Crippen LogP contribution in [0.3, 0.4) is 0 Å². The third-order valence-corrected chi connectivity index (χ3v) is 4.64. The average Bonchev–Trinajstić information content (AvgIpc) is 2.67. The topological polar surface area (TPSA) is 52.7 Å². The van der Waals surface area contributed by atoms with Crippen molar-refractivity contribution in [1.82, 2.24) is 4.90 Å². The normalized spacial score (nSPS) is 14.7. The number of piperazine rings is 1. The fourth-order valence-electron chi connectivity index (χ4n) is 2.91. The molecule has 1 aliphatic heterocycles. The molecule has 0 aromatic heterocycles. The fraction of sp³-hybridized carbons (Fsp3) is 0.263. The van der Waals surface area contributed by atoms with E-state index in [9.17, 15) is 22.8 Å². The molecule has 1 saturated heterocycles. The van der Waals surface area contributed by atoms with Crippen molar-refractivity contribution in [1.29, 1.82) is 0 Å². The fourth-order valence-corrected chi connectivity index (χ4v) is 3.10. The Balaban J connectivity index is 1.55. The maximum Gasteiger partial charge on any atom is 0.416 e. The summed E-state index contributed by atoms with van der Waals surface area (Å²) >= 11 is 5.99. The first-order chi connectivity index (χ1) is 13.2. The molecule has 0 radical (unpaired) electrons. The van der Waals surface area contributed by atoms with E-state index in [0.717, 1.165) is 30.0 Å². The van der Waals surface area contributed by atoms with Crippen LogP contribution in [0.1, 0.15) is 5.56 Å². The first-order valence-electron chi connectivity index (χ1n) is 8.52. The van der Waals surface area contributed by atoms with Crippen LogP contribution in [0.4, 0.5) is 24.5 Å². The van der Waals surface area contributed by atoms with Crippen molar-refractivity contribution in [3.05, 3.63) is 59.1 Å². The summed E-state index contributed by atoms with van der Waals surface area (Å²) in [5, 5.41) is 2.96. The van der Waals surface area contributed by atoms with Gasteiger partial charge in [0, 0.05) is 42.6 Å². The zero-order valence-electron chi connectivity index (χ0n) is 14.7. The van der Waals surface area contributed by atoms with Crippen molar-refractivity contribution in [2.24, 2.45) is 0 Å². The third kappa shape index (κ3) is 4.75. The minimum absolute atomic E-state index is 0.129. The first-order valence-corrected chi connectivity index (χ1v) is 8.90. The van der Waals surface area contributed by atoms with Gasteiger partial charge in [0.1, 0.15) is 0 Å². The monoisotopic (exact) mass is 411 g/mol. The Labute approximate surface area is 164 Å².